The highest BCUT2D eigenvalue weighted by molar-refractivity contribution is 6.35. The summed E-state index contributed by atoms with van der Waals surface area (Å²) in [6, 6.07) is 9.95. The molecule has 0 radical (unpaired) electrons. The van der Waals surface area contributed by atoms with E-state index in [1.54, 1.807) is 41.0 Å². The Balaban J connectivity index is 1.62. The Hall–Kier alpha value is -2.37. The highest BCUT2D eigenvalue weighted by atomic mass is 35.5. The number of benzene rings is 2. The molecule has 1 aliphatic rings. The molecule has 1 aliphatic heterocycles. The molecular formula is C21H18Cl2N2O3. The summed E-state index contributed by atoms with van der Waals surface area (Å²) in [6.07, 6.45) is 3.85. The van der Waals surface area contributed by atoms with Crippen LogP contribution in [-0.4, -0.2) is 15.5 Å². The van der Waals surface area contributed by atoms with Crippen molar-refractivity contribution in [2.45, 2.75) is 38.8 Å². The van der Waals surface area contributed by atoms with Gasteiger partial charge in [-0.3, -0.25) is 9.36 Å². The number of aromatic nitrogens is 2. The van der Waals surface area contributed by atoms with Gasteiger partial charge in [0, 0.05) is 28.6 Å². The van der Waals surface area contributed by atoms with Gasteiger partial charge >= 0.3 is 5.97 Å². The van der Waals surface area contributed by atoms with Crippen molar-refractivity contribution in [3.63, 3.8) is 0 Å². The van der Waals surface area contributed by atoms with E-state index in [0.717, 1.165) is 31.5 Å². The Morgan fingerprint density at radius 1 is 1.11 bits per heavy atom. The van der Waals surface area contributed by atoms with Crippen LogP contribution in [0.3, 0.4) is 0 Å². The summed E-state index contributed by atoms with van der Waals surface area (Å²) in [6.45, 7) is 0.662. The van der Waals surface area contributed by atoms with Crippen LogP contribution in [0.2, 0.25) is 10.0 Å². The molecule has 1 aromatic heterocycles. The van der Waals surface area contributed by atoms with Gasteiger partial charge in [0.25, 0.3) is 5.56 Å². The lowest BCUT2D eigenvalue weighted by atomic mass is 10.1. The molecule has 0 saturated heterocycles. The predicted molar refractivity (Wildman–Crippen MR) is 109 cm³/mol. The first-order chi connectivity index (χ1) is 13.5. The minimum atomic E-state index is -0.519. The lowest BCUT2D eigenvalue weighted by Crippen LogP contribution is -2.24. The van der Waals surface area contributed by atoms with E-state index in [9.17, 15) is 9.59 Å². The number of esters is 1. The van der Waals surface area contributed by atoms with Gasteiger partial charge in [-0.1, -0.05) is 35.7 Å². The average Bonchev–Trinajstić information content (AvgIpc) is 2.93. The molecule has 28 heavy (non-hydrogen) atoms. The number of carbonyl (C=O) groups excluding carboxylic acids is 1. The molecule has 5 nitrogen and oxygen atoms in total. The second-order valence-corrected chi connectivity index (χ2v) is 7.62. The SMILES string of the molecule is O=C(OCc1c(Cl)cccc1Cl)c1ccc2c(=O)n3c(nc2c1)CCCCC3. The zero-order chi connectivity index (χ0) is 19.7. The molecule has 0 fully saturated rings. The van der Waals surface area contributed by atoms with Gasteiger partial charge < -0.3 is 4.74 Å². The van der Waals surface area contributed by atoms with E-state index in [1.165, 1.54) is 0 Å². The fourth-order valence-corrected chi connectivity index (χ4v) is 3.94. The maximum atomic E-state index is 12.8. The summed E-state index contributed by atoms with van der Waals surface area (Å²) in [7, 11) is 0. The van der Waals surface area contributed by atoms with Crippen LogP contribution >= 0.6 is 23.2 Å². The van der Waals surface area contributed by atoms with E-state index >= 15 is 0 Å². The number of ether oxygens (including phenoxy) is 1. The van der Waals surface area contributed by atoms with E-state index < -0.39 is 5.97 Å². The summed E-state index contributed by atoms with van der Waals surface area (Å²) in [4.78, 5) is 29.9. The molecule has 0 saturated carbocycles. The predicted octanol–water partition coefficient (Wildman–Crippen LogP) is 4.79. The summed E-state index contributed by atoms with van der Waals surface area (Å²) >= 11 is 12.2. The van der Waals surface area contributed by atoms with Crippen LogP contribution in [0.25, 0.3) is 10.9 Å². The number of nitrogens with zero attached hydrogens (tertiary/aromatic N) is 2. The molecule has 0 spiro atoms. The third kappa shape index (κ3) is 3.64. The van der Waals surface area contributed by atoms with Gasteiger partial charge in [-0.15, -0.1) is 0 Å². The minimum absolute atomic E-state index is 0.0321. The highest BCUT2D eigenvalue weighted by Gasteiger charge is 2.16. The first-order valence-corrected chi connectivity index (χ1v) is 9.93. The summed E-state index contributed by atoms with van der Waals surface area (Å²) in [5, 5.41) is 1.39. The molecule has 0 unspecified atom stereocenters. The number of hydrogen-bond donors (Lipinski definition) is 0. The molecule has 7 heteroatoms. The van der Waals surface area contributed by atoms with E-state index in [2.05, 4.69) is 4.98 Å². The van der Waals surface area contributed by atoms with E-state index in [0.29, 0.717) is 38.6 Å². The lowest BCUT2D eigenvalue weighted by Gasteiger charge is -2.11. The Morgan fingerprint density at radius 3 is 2.68 bits per heavy atom. The Labute approximate surface area is 171 Å². The van der Waals surface area contributed by atoms with Gasteiger partial charge in [0.15, 0.2) is 0 Å². The summed E-state index contributed by atoms with van der Waals surface area (Å²) in [5.41, 5.74) is 1.36. The number of hydrogen-bond acceptors (Lipinski definition) is 4. The van der Waals surface area contributed by atoms with Crippen molar-refractivity contribution in [2.24, 2.45) is 0 Å². The molecule has 0 aliphatic carbocycles. The number of fused-ring (bicyclic) bond motifs is 2. The fourth-order valence-electron chi connectivity index (χ4n) is 3.44. The standard InChI is InChI=1S/C21H18Cl2N2O3/c22-16-5-4-6-17(23)15(16)12-28-21(27)13-8-9-14-18(11-13)24-19-7-2-1-3-10-25(19)20(14)26/h4-6,8-9,11H,1-3,7,10,12H2. The van der Waals surface area contributed by atoms with Crippen LogP contribution in [-0.2, 0) is 24.3 Å². The zero-order valence-corrected chi connectivity index (χ0v) is 16.6. The van der Waals surface area contributed by atoms with Crippen LogP contribution in [0.1, 0.15) is 41.0 Å². The van der Waals surface area contributed by atoms with Gasteiger partial charge in [0.05, 0.1) is 16.5 Å². The third-order valence-electron chi connectivity index (χ3n) is 4.96. The summed E-state index contributed by atoms with van der Waals surface area (Å²) < 4.78 is 7.13. The molecule has 4 rings (SSSR count). The Kier molecular flexibility index (Phi) is 5.38. The molecule has 0 atom stereocenters. The highest BCUT2D eigenvalue weighted by Crippen LogP contribution is 2.25. The average molecular weight is 417 g/mol. The van der Waals surface area contributed by atoms with Crippen molar-refractivity contribution < 1.29 is 9.53 Å². The van der Waals surface area contributed by atoms with E-state index in [4.69, 9.17) is 27.9 Å². The number of aryl methyl sites for hydroxylation is 1. The molecule has 0 amide bonds. The monoisotopic (exact) mass is 416 g/mol. The first kappa shape index (κ1) is 19.0. The molecule has 0 N–H and O–H groups in total. The third-order valence-corrected chi connectivity index (χ3v) is 5.67. The molecule has 144 valence electrons. The van der Waals surface area contributed by atoms with Crippen molar-refractivity contribution in [1.29, 1.82) is 0 Å². The van der Waals surface area contributed by atoms with Gasteiger partial charge in [0.2, 0.25) is 0 Å². The van der Waals surface area contributed by atoms with Crippen molar-refractivity contribution in [1.82, 2.24) is 9.55 Å². The lowest BCUT2D eigenvalue weighted by molar-refractivity contribution is 0.0473. The second-order valence-electron chi connectivity index (χ2n) is 6.80. The van der Waals surface area contributed by atoms with Crippen molar-refractivity contribution in [3.8, 4) is 0 Å². The quantitative estimate of drug-likeness (QED) is 0.575. The van der Waals surface area contributed by atoms with Gasteiger partial charge in [-0.2, -0.15) is 0 Å². The molecule has 2 heterocycles. The smallest absolute Gasteiger partial charge is 0.338 e. The topological polar surface area (TPSA) is 61.2 Å². The molecular weight excluding hydrogens is 399 g/mol. The van der Waals surface area contributed by atoms with Crippen molar-refractivity contribution in [2.75, 3.05) is 0 Å². The van der Waals surface area contributed by atoms with Crippen LogP contribution in [0.15, 0.2) is 41.2 Å². The fraction of sp³-hybridized carbons (Fsp3) is 0.286. The normalized spacial score (nSPS) is 13.8. The van der Waals surface area contributed by atoms with Gasteiger partial charge in [-0.05, 0) is 43.2 Å². The van der Waals surface area contributed by atoms with Crippen LogP contribution < -0.4 is 5.56 Å². The van der Waals surface area contributed by atoms with Crippen molar-refractivity contribution in [3.05, 3.63) is 73.7 Å². The van der Waals surface area contributed by atoms with Crippen molar-refractivity contribution >= 4 is 40.1 Å². The zero-order valence-electron chi connectivity index (χ0n) is 15.1. The van der Waals surface area contributed by atoms with Crippen LogP contribution in [0.4, 0.5) is 0 Å². The Bertz CT molecular complexity index is 1100. The first-order valence-electron chi connectivity index (χ1n) is 9.18. The maximum Gasteiger partial charge on any atom is 0.338 e. The second kappa shape index (κ2) is 7.94. The Morgan fingerprint density at radius 2 is 1.89 bits per heavy atom. The molecule has 0 bridgehead atoms. The van der Waals surface area contributed by atoms with Gasteiger partial charge in [0.1, 0.15) is 12.4 Å². The van der Waals surface area contributed by atoms with Crippen LogP contribution in [0.5, 0.6) is 0 Å². The molecule has 2 aromatic carbocycles. The van der Waals surface area contributed by atoms with Crippen LogP contribution in [0, 0.1) is 0 Å². The minimum Gasteiger partial charge on any atom is -0.457 e. The maximum absolute atomic E-state index is 12.8. The van der Waals surface area contributed by atoms with E-state index in [1.807, 2.05) is 0 Å². The number of halogens is 2. The summed E-state index contributed by atoms with van der Waals surface area (Å²) in [5.74, 6) is 0.262. The van der Waals surface area contributed by atoms with Gasteiger partial charge in [-0.25, -0.2) is 9.78 Å². The molecule has 3 aromatic rings. The van der Waals surface area contributed by atoms with E-state index in [-0.39, 0.29) is 12.2 Å². The largest absolute Gasteiger partial charge is 0.457 e. The number of rotatable bonds is 3. The number of carbonyl (C=O) groups is 1.